The Balaban J connectivity index is 0.000000215. The molecule has 0 atom stereocenters. The number of halogens is 2. The molecule has 1 N–H and O–H groups in total. The summed E-state index contributed by atoms with van der Waals surface area (Å²) in [6.45, 7) is 13.7. The molecule has 3 aromatic rings. The molecule has 1 heterocycles. The van der Waals surface area contributed by atoms with Gasteiger partial charge in [-0.1, -0.05) is 57.0 Å². The van der Waals surface area contributed by atoms with Crippen molar-refractivity contribution in [3.05, 3.63) is 82.4 Å². The van der Waals surface area contributed by atoms with Gasteiger partial charge in [-0.3, -0.25) is 0 Å². The molecule has 0 aromatic heterocycles. The Kier molecular flexibility index (Phi) is 11.3. The third-order valence-electron chi connectivity index (χ3n) is 8.25. The van der Waals surface area contributed by atoms with Crippen LogP contribution in [0.5, 0.6) is 23.0 Å². The van der Waals surface area contributed by atoms with E-state index < -0.39 is 13.5 Å². The number of methoxy groups -OCH3 is 3. The normalized spacial score (nSPS) is 16.2. The van der Waals surface area contributed by atoms with Crippen LogP contribution in [-0.2, 0) is 26.4 Å². The van der Waals surface area contributed by atoms with E-state index in [2.05, 4.69) is 75.3 Å². The second kappa shape index (κ2) is 14.4. The summed E-state index contributed by atoms with van der Waals surface area (Å²) in [4.78, 5) is 0. The van der Waals surface area contributed by atoms with Crippen molar-refractivity contribution in [2.45, 2.75) is 66.3 Å². The van der Waals surface area contributed by atoms with Gasteiger partial charge in [0.1, 0.15) is 5.54 Å². The quantitative estimate of drug-likeness (QED) is 0.100. The number of allylic oxidation sites excluding steroid dienone is 1. The summed E-state index contributed by atoms with van der Waals surface area (Å²) in [5, 5.41) is 0. The van der Waals surface area contributed by atoms with Crippen molar-refractivity contribution < 1.29 is 37.0 Å². The number of fused-ring (bicyclic) bond motifs is 1. The molecule has 0 saturated heterocycles. The van der Waals surface area contributed by atoms with Gasteiger partial charge in [0.2, 0.25) is 0 Å². The van der Waals surface area contributed by atoms with Gasteiger partial charge >= 0.3 is 166 Å². The molecule has 5 nitrogen and oxygen atoms in total. The number of aromatic hydroxyl groups is 1. The summed E-state index contributed by atoms with van der Waals surface area (Å²) in [7, 11) is 19.4. The summed E-state index contributed by atoms with van der Waals surface area (Å²) in [5.41, 5.74) is 8.53. The SMILES string of the molecule is CCc1cccc(CC)c1[N+]1=[C-]C(C)(C)CC1(C)C.COc1cc(OC)cc(C2=C[C](=[Ru]([Cl])[Cl])c3c([OH+]C)cc(OC)cc32)c1. The Labute approximate surface area is 282 Å². The van der Waals surface area contributed by atoms with Crippen LogP contribution < -0.4 is 14.2 Å². The van der Waals surface area contributed by atoms with Gasteiger partial charge in [-0.15, -0.1) is 0 Å². The molecular weight excluding hydrogens is 694 g/mol. The van der Waals surface area contributed by atoms with Gasteiger partial charge in [-0.05, 0) is 32.1 Å². The average molecular weight is 741 g/mol. The van der Waals surface area contributed by atoms with Crippen LogP contribution in [0.15, 0.2) is 54.6 Å². The van der Waals surface area contributed by atoms with Gasteiger partial charge in [-0.25, -0.2) is 0 Å². The second-order valence-corrected chi connectivity index (χ2v) is 18.2. The molecule has 1 aliphatic heterocycles. The fourth-order valence-corrected chi connectivity index (χ4v) is 8.92. The zero-order valence-corrected chi connectivity index (χ0v) is 31.3. The summed E-state index contributed by atoms with van der Waals surface area (Å²) in [6, 6.07) is 16.4. The minimum absolute atomic E-state index is 0.151. The Hall–Kier alpha value is -2.66. The molecule has 0 amide bonds. The zero-order valence-electron chi connectivity index (χ0n) is 28.0. The van der Waals surface area contributed by atoms with E-state index >= 15 is 0 Å². The van der Waals surface area contributed by atoms with Gasteiger partial charge < -0.3 is 4.58 Å². The summed E-state index contributed by atoms with van der Waals surface area (Å²) < 4.78 is 24.0. The van der Waals surface area contributed by atoms with Crippen LogP contribution in [-0.4, -0.2) is 53.6 Å². The number of rotatable bonds is 8. The molecule has 244 valence electrons. The number of ether oxygens (including phenoxy) is 4. The maximum absolute atomic E-state index is 6.39. The average Bonchev–Trinajstić information content (AvgIpc) is 3.52. The summed E-state index contributed by atoms with van der Waals surface area (Å²) in [6.07, 6.45) is 9.08. The van der Waals surface area contributed by atoms with Crippen LogP contribution in [0.1, 0.15) is 75.8 Å². The molecule has 0 fully saturated rings. The van der Waals surface area contributed by atoms with E-state index in [-0.39, 0.29) is 11.0 Å². The molecule has 3 aromatic carbocycles. The first kappa shape index (κ1) is 35.2. The fraction of sp³-hybridized carbons (Fsp3) is 0.405. The number of nitrogens with zero attached hydrogens (tertiary/aromatic N) is 1. The first-order valence-corrected chi connectivity index (χ1v) is 20.5. The Bertz CT molecular complexity index is 1620. The van der Waals surface area contributed by atoms with Crippen molar-refractivity contribution in [3.8, 4) is 23.0 Å². The van der Waals surface area contributed by atoms with Crippen LogP contribution in [0.25, 0.3) is 5.57 Å². The zero-order chi connectivity index (χ0) is 33.1. The second-order valence-electron chi connectivity index (χ2n) is 12.4. The van der Waals surface area contributed by atoms with E-state index in [1.54, 1.807) is 28.4 Å². The number of hydrogen-bond donors (Lipinski definition) is 0. The summed E-state index contributed by atoms with van der Waals surface area (Å²) >= 11 is -2.15. The summed E-state index contributed by atoms with van der Waals surface area (Å²) in [5.74, 6) is 2.97. The van der Waals surface area contributed by atoms with Crippen molar-refractivity contribution in [1.29, 1.82) is 0 Å². The van der Waals surface area contributed by atoms with E-state index in [1.807, 2.05) is 36.4 Å². The Morgan fingerprint density at radius 3 is 1.87 bits per heavy atom. The van der Waals surface area contributed by atoms with Crippen LogP contribution in [0.2, 0.25) is 0 Å². The van der Waals surface area contributed by atoms with Crippen LogP contribution in [0.4, 0.5) is 5.69 Å². The molecule has 8 heteroatoms. The van der Waals surface area contributed by atoms with Gasteiger partial charge in [0.05, 0.1) is 5.69 Å². The number of hydrogen-bond acceptors (Lipinski definition) is 3. The fourth-order valence-electron chi connectivity index (χ4n) is 6.45. The topological polar surface area (TPSA) is 43.5 Å². The standard InChI is InChI=1S/C19H18O4.C18H27N.2ClH.Ru/c1-20-13-7-12(8-14(9-13)21-2)16-5-6-17-18(16)10-15(22-3)11-19(17)23-4;1-7-14-10-9-11-15(8-2)16(14)19-13-17(3,4)12-18(19,5)6;;;/h5,7-11H,1-4H3;9-11H,7-8,12H2,1-6H3;2*1H;/q;;;;+2/p-1. The molecule has 2 aliphatic rings. The van der Waals surface area contributed by atoms with E-state index in [1.165, 1.54) is 16.8 Å². The van der Waals surface area contributed by atoms with Gasteiger partial charge in [0, 0.05) is 12.6 Å². The number of aryl methyl sites for hydroxylation is 2. The van der Waals surface area contributed by atoms with E-state index in [0.717, 1.165) is 57.1 Å². The molecule has 1 aliphatic carbocycles. The number of benzene rings is 3. The molecular formula is C37H46Cl2NO4Ru+. The van der Waals surface area contributed by atoms with E-state index in [4.69, 9.17) is 33.6 Å². The third kappa shape index (κ3) is 7.50. The van der Waals surface area contributed by atoms with Crippen molar-refractivity contribution in [1.82, 2.24) is 0 Å². The minimum atomic E-state index is -2.15. The molecule has 0 unspecified atom stereocenters. The first-order valence-electron chi connectivity index (χ1n) is 15.2. The van der Waals surface area contributed by atoms with Crippen molar-refractivity contribution in [2.75, 3.05) is 28.4 Å². The van der Waals surface area contributed by atoms with Gasteiger partial charge in [0.15, 0.2) is 0 Å². The third-order valence-corrected chi connectivity index (χ3v) is 11.3. The van der Waals surface area contributed by atoms with E-state index in [9.17, 15) is 0 Å². The van der Waals surface area contributed by atoms with Crippen molar-refractivity contribution in [2.24, 2.45) is 5.41 Å². The van der Waals surface area contributed by atoms with Gasteiger partial charge in [0.25, 0.3) is 0 Å². The van der Waals surface area contributed by atoms with Crippen LogP contribution in [0.3, 0.4) is 0 Å². The molecule has 5 rings (SSSR count). The number of para-hydroxylation sites is 1. The van der Waals surface area contributed by atoms with Crippen molar-refractivity contribution >= 4 is 41.0 Å². The molecule has 45 heavy (non-hydrogen) atoms. The maximum atomic E-state index is 6.39. The molecule has 0 saturated carbocycles. The molecule has 0 radical (unpaired) electrons. The predicted molar refractivity (Wildman–Crippen MR) is 186 cm³/mol. The number of aliphatic hydroxyl groups is 1. The van der Waals surface area contributed by atoms with Gasteiger partial charge in [-0.2, -0.15) is 0 Å². The van der Waals surface area contributed by atoms with Crippen molar-refractivity contribution in [3.63, 3.8) is 0 Å². The monoisotopic (exact) mass is 740 g/mol. The van der Waals surface area contributed by atoms with E-state index in [0.29, 0.717) is 11.5 Å². The predicted octanol–water partition coefficient (Wildman–Crippen LogP) is 9.09. The molecule has 0 bridgehead atoms. The Morgan fingerprint density at radius 1 is 0.867 bits per heavy atom. The first-order chi connectivity index (χ1) is 21.3. The molecule has 0 spiro atoms. The van der Waals surface area contributed by atoms with Crippen LogP contribution >= 0.6 is 19.4 Å². The van der Waals surface area contributed by atoms with Crippen LogP contribution in [0, 0.1) is 5.41 Å². The Morgan fingerprint density at radius 2 is 1.42 bits per heavy atom.